The van der Waals surface area contributed by atoms with Crippen LogP contribution in [0.2, 0.25) is 0 Å². The van der Waals surface area contributed by atoms with Crippen molar-refractivity contribution in [2.45, 2.75) is 19.3 Å². The molecule has 1 heteroatoms. The first kappa shape index (κ1) is 24.6. The van der Waals surface area contributed by atoms with Crippen molar-refractivity contribution in [3.05, 3.63) is 163 Å². The van der Waals surface area contributed by atoms with E-state index in [2.05, 4.69) is 170 Å². The first-order valence-corrected chi connectivity index (χ1v) is 14.7. The molecule has 200 valence electrons. The number of rotatable bonds is 4. The number of hydrogen-bond donors (Lipinski definition) is 0. The first-order chi connectivity index (χ1) is 20.6. The minimum Gasteiger partial charge on any atom is -0.309 e. The maximum atomic E-state index is 2.46. The average molecular weight is 538 g/mol. The van der Waals surface area contributed by atoms with E-state index >= 15 is 0 Å². The van der Waals surface area contributed by atoms with E-state index in [0.29, 0.717) is 0 Å². The molecular weight excluding hydrogens is 506 g/mol. The number of fused-ring (bicyclic) bond motifs is 5. The lowest BCUT2D eigenvalue weighted by molar-refractivity contribution is 0.661. The van der Waals surface area contributed by atoms with Crippen molar-refractivity contribution in [1.29, 1.82) is 0 Å². The predicted molar refractivity (Wildman–Crippen MR) is 179 cm³/mol. The minimum absolute atomic E-state index is 0.0903. The summed E-state index contributed by atoms with van der Waals surface area (Å²) in [6.07, 6.45) is 0. The summed E-state index contributed by atoms with van der Waals surface area (Å²) < 4.78 is 0. The molecule has 7 aromatic carbocycles. The number of nitrogens with zero attached hydrogens (tertiary/aromatic N) is 1. The van der Waals surface area contributed by atoms with E-state index in [0.717, 1.165) is 11.4 Å². The summed E-state index contributed by atoms with van der Waals surface area (Å²) in [6.45, 7) is 4.73. The summed E-state index contributed by atoms with van der Waals surface area (Å²) in [7, 11) is 0. The van der Waals surface area contributed by atoms with Crippen LogP contribution in [0.5, 0.6) is 0 Å². The Bertz CT molecular complexity index is 2100. The van der Waals surface area contributed by atoms with Crippen molar-refractivity contribution < 1.29 is 0 Å². The smallest absolute Gasteiger partial charge is 0.0621 e. The third kappa shape index (κ3) is 3.78. The molecule has 7 aromatic rings. The molecule has 1 nitrogen and oxygen atoms in total. The molecule has 0 heterocycles. The second-order valence-corrected chi connectivity index (χ2v) is 11.8. The Morgan fingerprint density at radius 2 is 1.07 bits per heavy atom. The highest BCUT2D eigenvalue weighted by atomic mass is 15.1. The van der Waals surface area contributed by atoms with Crippen LogP contribution in [0.4, 0.5) is 17.1 Å². The SMILES string of the molecule is CC1(C)c2ccccc2-c2c1cc1ccccc1c2N(c1ccccc1)c1ccc(-c2ccc3ccccc3c2)cc1. The average Bonchev–Trinajstić information content (AvgIpc) is 3.27. The predicted octanol–water partition coefficient (Wildman–Crippen LogP) is 11.4. The fraction of sp³-hybridized carbons (Fsp3) is 0.0732. The summed E-state index contributed by atoms with van der Waals surface area (Å²) in [5, 5.41) is 5.05. The molecule has 0 bridgehead atoms. The Hall–Kier alpha value is -5.14. The van der Waals surface area contributed by atoms with E-state index in [4.69, 9.17) is 0 Å². The van der Waals surface area contributed by atoms with Crippen molar-refractivity contribution in [1.82, 2.24) is 0 Å². The largest absolute Gasteiger partial charge is 0.309 e. The van der Waals surface area contributed by atoms with Gasteiger partial charge in [0.05, 0.1) is 5.69 Å². The Labute approximate surface area is 247 Å². The summed E-state index contributed by atoms with van der Waals surface area (Å²) in [6, 6.07) is 55.4. The van der Waals surface area contributed by atoms with Gasteiger partial charge in [-0.05, 0) is 80.4 Å². The molecule has 0 unspecified atom stereocenters. The second-order valence-electron chi connectivity index (χ2n) is 11.8. The van der Waals surface area contributed by atoms with E-state index in [9.17, 15) is 0 Å². The van der Waals surface area contributed by atoms with Gasteiger partial charge in [0.2, 0.25) is 0 Å². The van der Waals surface area contributed by atoms with Gasteiger partial charge in [-0.3, -0.25) is 0 Å². The molecule has 0 aliphatic heterocycles. The quantitative estimate of drug-likeness (QED) is 0.216. The van der Waals surface area contributed by atoms with Gasteiger partial charge in [-0.1, -0.05) is 129 Å². The van der Waals surface area contributed by atoms with Crippen molar-refractivity contribution >= 4 is 38.6 Å². The van der Waals surface area contributed by atoms with Crippen LogP contribution in [-0.2, 0) is 5.41 Å². The second kappa shape index (κ2) is 9.46. The van der Waals surface area contributed by atoms with Crippen molar-refractivity contribution in [3.8, 4) is 22.3 Å². The summed E-state index contributed by atoms with van der Waals surface area (Å²) >= 11 is 0. The molecule has 42 heavy (non-hydrogen) atoms. The maximum absolute atomic E-state index is 2.46. The molecule has 0 aromatic heterocycles. The summed E-state index contributed by atoms with van der Waals surface area (Å²) in [5.41, 5.74) is 11.3. The van der Waals surface area contributed by atoms with E-state index in [1.54, 1.807) is 0 Å². The van der Waals surface area contributed by atoms with Crippen LogP contribution in [0.15, 0.2) is 152 Å². The molecule has 1 aliphatic carbocycles. The Kier molecular flexibility index (Phi) is 5.55. The van der Waals surface area contributed by atoms with Crippen LogP contribution in [0.25, 0.3) is 43.8 Å². The number of anilines is 3. The summed E-state index contributed by atoms with van der Waals surface area (Å²) in [5.74, 6) is 0. The normalized spacial score (nSPS) is 13.2. The molecule has 0 radical (unpaired) electrons. The van der Waals surface area contributed by atoms with Crippen LogP contribution in [-0.4, -0.2) is 0 Å². The number of para-hydroxylation sites is 1. The molecule has 8 rings (SSSR count). The highest BCUT2D eigenvalue weighted by Crippen LogP contribution is 2.56. The first-order valence-electron chi connectivity index (χ1n) is 14.7. The number of hydrogen-bond acceptors (Lipinski definition) is 1. The number of benzene rings is 7. The molecule has 1 aliphatic rings. The molecule has 0 spiro atoms. The van der Waals surface area contributed by atoms with Gasteiger partial charge >= 0.3 is 0 Å². The molecule has 0 saturated heterocycles. The van der Waals surface area contributed by atoms with Gasteiger partial charge in [-0.2, -0.15) is 0 Å². The molecule has 0 N–H and O–H groups in total. The Morgan fingerprint density at radius 3 is 1.88 bits per heavy atom. The van der Waals surface area contributed by atoms with E-state index in [1.165, 1.54) is 60.6 Å². The van der Waals surface area contributed by atoms with Gasteiger partial charge in [0.1, 0.15) is 0 Å². The van der Waals surface area contributed by atoms with Gasteiger partial charge in [0, 0.05) is 27.7 Å². The summed E-state index contributed by atoms with van der Waals surface area (Å²) in [4.78, 5) is 2.46. The fourth-order valence-corrected chi connectivity index (χ4v) is 6.87. The standard InChI is InChI=1S/C41H31N/c1-41(2)37-19-11-10-18-36(37)39-38(41)27-32-14-8-9-17-35(32)40(39)42(33-15-4-3-5-16-33)34-24-22-29(23-25-34)31-21-20-28-12-6-7-13-30(28)26-31/h3-27H,1-2H3. The van der Waals surface area contributed by atoms with Gasteiger partial charge in [-0.15, -0.1) is 0 Å². The lowest BCUT2D eigenvalue weighted by Crippen LogP contribution is -2.16. The van der Waals surface area contributed by atoms with Crippen LogP contribution in [0.1, 0.15) is 25.0 Å². The molecule has 0 fully saturated rings. The highest BCUT2D eigenvalue weighted by Gasteiger charge is 2.38. The molecular formula is C41H31N. The van der Waals surface area contributed by atoms with Crippen LogP contribution >= 0.6 is 0 Å². The lowest BCUT2D eigenvalue weighted by Gasteiger charge is -2.30. The van der Waals surface area contributed by atoms with Crippen LogP contribution in [0, 0.1) is 0 Å². The van der Waals surface area contributed by atoms with Gasteiger partial charge in [0.25, 0.3) is 0 Å². The zero-order chi connectivity index (χ0) is 28.3. The fourth-order valence-electron chi connectivity index (χ4n) is 6.87. The third-order valence-corrected chi connectivity index (χ3v) is 9.01. The third-order valence-electron chi connectivity index (χ3n) is 9.01. The van der Waals surface area contributed by atoms with Crippen LogP contribution < -0.4 is 4.90 Å². The van der Waals surface area contributed by atoms with Gasteiger partial charge in [0.15, 0.2) is 0 Å². The van der Waals surface area contributed by atoms with E-state index < -0.39 is 0 Å². The van der Waals surface area contributed by atoms with Crippen molar-refractivity contribution in [2.24, 2.45) is 0 Å². The Balaban J connectivity index is 1.37. The molecule has 0 saturated carbocycles. The van der Waals surface area contributed by atoms with Gasteiger partial charge in [-0.25, -0.2) is 0 Å². The van der Waals surface area contributed by atoms with E-state index in [1.807, 2.05) is 0 Å². The zero-order valence-corrected chi connectivity index (χ0v) is 23.9. The maximum Gasteiger partial charge on any atom is 0.0621 e. The molecule has 0 atom stereocenters. The van der Waals surface area contributed by atoms with Gasteiger partial charge < -0.3 is 4.90 Å². The molecule has 0 amide bonds. The topological polar surface area (TPSA) is 3.24 Å². The highest BCUT2D eigenvalue weighted by molar-refractivity contribution is 6.09. The Morgan fingerprint density at radius 1 is 0.452 bits per heavy atom. The lowest BCUT2D eigenvalue weighted by atomic mass is 9.81. The van der Waals surface area contributed by atoms with Crippen molar-refractivity contribution in [3.63, 3.8) is 0 Å². The van der Waals surface area contributed by atoms with Crippen LogP contribution in [0.3, 0.4) is 0 Å². The minimum atomic E-state index is -0.0903. The van der Waals surface area contributed by atoms with E-state index in [-0.39, 0.29) is 5.41 Å². The zero-order valence-electron chi connectivity index (χ0n) is 23.9. The van der Waals surface area contributed by atoms with Crippen molar-refractivity contribution in [2.75, 3.05) is 4.90 Å². The monoisotopic (exact) mass is 537 g/mol.